The van der Waals surface area contributed by atoms with Crippen LogP contribution in [0.2, 0.25) is 0 Å². The highest BCUT2D eigenvalue weighted by molar-refractivity contribution is 7.14. The van der Waals surface area contributed by atoms with E-state index in [1.165, 1.54) is 6.07 Å². The van der Waals surface area contributed by atoms with Crippen LogP contribution in [-0.2, 0) is 33.4 Å². The number of esters is 3. The zero-order chi connectivity index (χ0) is 24.7. The van der Waals surface area contributed by atoms with Gasteiger partial charge in [0.15, 0.2) is 6.61 Å². The lowest BCUT2D eigenvalue weighted by molar-refractivity contribution is -0.153. The fraction of sp³-hybridized carbons (Fsp3) is 0.381. The summed E-state index contributed by atoms with van der Waals surface area (Å²) in [5.41, 5.74) is 5.72. The maximum Gasteiger partial charge on any atom is 0.337 e. The van der Waals surface area contributed by atoms with Gasteiger partial charge in [0.05, 0.1) is 29.9 Å². The van der Waals surface area contributed by atoms with E-state index < -0.39 is 42.2 Å². The van der Waals surface area contributed by atoms with Gasteiger partial charge in [0.2, 0.25) is 0 Å². The minimum Gasteiger partial charge on any atom is -0.463 e. The quantitative estimate of drug-likeness (QED) is 0.349. The molecule has 0 bridgehead atoms. The van der Waals surface area contributed by atoms with Gasteiger partial charge < -0.3 is 30.6 Å². The van der Waals surface area contributed by atoms with Gasteiger partial charge in [-0.2, -0.15) is 0 Å². The Morgan fingerprint density at radius 1 is 1.00 bits per heavy atom. The summed E-state index contributed by atoms with van der Waals surface area (Å²) in [6, 6.07) is 1.45. The van der Waals surface area contributed by atoms with E-state index in [2.05, 4.69) is 10.6 Å². The van der Waals surface area contributed by atoms with Crippen molar-refractivity contribution in [3.05, 3.63) is 39.6 Å². The average molecular weight is 480 g/mol. The number of hydrogen-bond donors (Lipinski definition) is 3. The molecule has 2 rings (SSSR count). The van der Waals surface area contributed by atoms with Gasteiger partial charge in [-0.05, 0) is 39.1 Å². The number of rotatable bonds is 9. The number of amides is 2. The van der Waals surface area contributed by atoms with Gasteiger partial charge in [0, 0.05) is 11.4 Å². The normalized spacial score (nSPS) is 13.8. The van der Waals surface area contributed by atoms with Crippen molar-refractivity contribution in [2.75, 3.05) is 25.1 Å². The Kier molecular flexibility index (Phi) is 8.74. The van der Waals surface area contributed by atoms with Crippen LogP contribution in [0.25, 0.3) is 0 Å². The van der Waals surface area contributed by atoms with Crippen LogP contribution in [0, 0.1) is 5.92 Å². The smallest absolute Gasteiger partial charge is 0.337 e. The molecule has 33 heavy (non-hydrogen) atoms. The second kappa shape index (κ2) is 11.3. The maximum atomic E-state index is 13.0. The highest BCUT2D eigenvalue weighted by Gasteiger charge is 2.42. The number of nitrogens with two attached hydrogens (primary N) is 1. The number of primary amides is 1. The number of anilines is 1. The third kappa shape index (κ3) is 5.98. The van der Waals surface area contributed by atoms with Gasteiger partial charge in [-0.3, -0.25) is 14.4 Å². The standard InChI is InChI=1S/C21H25N3O8S/c1-5-30-19(27)14-10(3)23-11(4)15(20(28)31-6-2)16(14)21(29)32-9-13(25)24-18-12(17(22)26)7-8-33-18/h7-8,16,23H,5-6,9H2,1-4H3,(H2,22,26)(H,24,25). The first-order valence-electron chi connectivity index (χ1n) is 9.98. The van der Waals surface area contributed by atoms with Crippen molar-refractivity contribution in [3.63, 3.8) is 0 Å². The molecule has 0 saturated carbocycles. The number of ether oxygens (including phenoxy) is 3. The molecule has 0 aliphatic carbocycles. The van der Waals surface area contributed by atoms with Crippen molar-refractivity contribution in [3.8, 4) is 0 Å². The number of thiophene rings is 1. The Morgan fingerprint density at radius 3 is 2.03 bits per heavy atom. The van der Waals surface area contributed by atoms with Crippen molar-refractivity contribution >= 4 is 46.1 Å². The lowest BCUT2D eigenvalue weighted by Gasteiger charge is -2.28. The third-order valence-corrected chi connectivity index (χ3v) is 5.35. The van der Waals surface area contributed by atoms with Crippen LogP contribution in [0.1, 0.15) is 38.1 Å². The topological polar surface area (TPSA) is 163 Å². The van der Waals surface area contributed by atoms with Crippen LogP contribution in [0.3, 0.4) is 0 Å². The van der Waals surface area contributed by atoms with Gasteiger partial charge in [-0.15, -0.1) is 11.3 Å². The van der Waals surface area contributed by atoms with Crippen LogP contribution in [0.15, 0.2) is 34.0 Å². The second-order valence-corrected chi connectivity index (χ2v) is 7.68. The molecule has 0 radical (unpaired) electrons. The summed E-state index contributed by atoms with van der Waals surface area (Å²) in [6.45, 7) is 5.64. The Morgan fingerprint density at radius 2 is 1.55 bits per heavy atom. The van der Waals surface area contributed by atoms with Crippen LogP contribution in [0.5, 0.6) is 0 Å². The molecule has 1 aliphatic heterocycles. The molecule has 0 fully saturated rings. The molecule has 178 valence electrons. The number of carbonyl (C=O) groups excluding carboxylic acids is 5. The minimum absolute atomic E-state index is 0.0419. The summed E-state index contributed by atoms with van der Waals surface area (Å²) in [4.78, 5) is 61.9. The zero-order valence-corrected chi connectivity index (χ0v) is 19.4. The highest BCUT2D eigenvalue weighted by atomic mass is 32.1. The highest BCUT2D eigenvalue weighted by Crippen LogP contribution is 2.32. The van der Waals surface area contributed by atoms with Crippen molar-refractivity contribution in [1.82, 2.24) is 5.32 Å². The largest absolute Gasteiger partial charge is 0.463 e. The minimum atomic E-state index is -1.46. The number of hydrogen-bond acceptors (Lipinski definition) is 10. The molecule has 11 nitrogen and oxygen atoms in total. The molecular weight excluding hydrogens is 454 g/mol. The summed E-state index contributed by atoms with van der Waals surface area (Å²) in [7, 11) is 0. The van der Waals surface area contributed by atoms with Gasteiger partial charge in [-0.25, -0.2) is 9.59 Å². The molecule has 1 aromatic rings. The summed E-state index contributed by atoms with van der Waals surface area (Å²) < 4.78 is 15.2. The molecule has 4 N–H and O–H groups in total. The molecule has 0 saturated heterocycles. The Labute approximate surface area is 193 Å². The van der Waals surface area contributed by atoms with Crippen molar-refractivity contribution in [2.45, 2.75) is 27.7 Å². The van der Waals surface area contributed by atoms with Gasteiger partial charge >= 0.3 is 17.9 Å². The Bertz CT molecular complexity index is 1000. The molecule has 2 amide bonds. The van der Waals surface area contributed by atoms with E-state index in [0.29, 0.717) is 11.4 Å². The van der Waals surface area contributed by atoms with Gasteiger partial charge in [0.1, 0.15) is 10.9 Å². The first-order valence-corrected chi connectivity index (χ1v) is 10.9. The molecular formula is C21H25N3O8S. The van der Waals surface area contributed by atoms with E-state index in [4.69, 9.17) is 19.9 Å². The molecule has 0 atom stereocenters. The molecule has 1 aromatic heterocycles. The molecule has 0 spiro atoms. The number of carbonyl (C=O) groups is 5. The summed E-state index contributed by atoms with van der Waals surface area (Å²) in [5, 5.41) is 7.09. The fourth-order valence-corrected chi connectivity index (χ4v) is 3.98. The monoisotopic (exact) mass is 479 g/mol. The second-order valence-electron chi connectivity index (χ2n) is 6.76. The van der Waals surface area contributed by atoms with Crippen molar-refractivity contribution < 1.29 is 38.2 Å². The van der Waals surface area contributed by atoms with Crippen LogP contribution in [-0.4, -0.2) is 49.5 Å². The Hall–Kier alpha value is -3.67. The molecule has 0 unspecified atom stereocenters. The first-order chi connectivity index (χ1) is 15.6. The third-order valence-electron chi connectivity index (χ3n) is 4.52. The summed E-state index contributed by atoms with van der Waals surface area (Å²) >= 11 is 1.07. The summed E-state index contributed by atoms with van der Waals surface area (Å²) in [5.74, 6) is -5.56. The van der Waals surface area contributed by atoms with E-state index >= 15 is 0 Å². The van der Waals surface area contributed by atoms with Crippen LogP contribution < -0.4 is 16.4 Å². The lowest BCUT2D eigenvalue weighted by atomic mass is 9.85. The molecule has 0 aromatic carbocycles. The predicted octanol–water partition coefficient (Wildman–Crippen LogP) is 1.22. The Balaban J connectivity index is 2.27. The van der Waals surface area contributed by atoms with Crippen molar-refractivity contribution in [2.24, 2.45) is 11.7 Å². The predicted molar refractivity (Wildman–Crippen MR) is 118 cm³/mol. The molecule has 12 heteroatoms. The van der Waals surface area contributed by atoms with Gasteiger partial charge in [-0.1, -0.05) is 0 Å². The number of dihydropyridines is 1. The zero-order valence-electron chi connectivity index (χ0n) is 18.6. The SMILES string of the molecule is CCOC(=O)C1=C(C)NC(C)=C(C(=O)OCC)C1C(=O)OCC(=O)Nc1sccc1C(N)=O. The fourth-order valence-electron chi connectivity index (χ4n) is 3.17. The summed E-state index contributed by atoms with van der Waals surface area (Å²) in [6.07, 6.45) is 0. The molecule has 2 heterocycles. The van der Waals surface area contributed by atoms with E-state index in [-0.39, 0.29) is 34.9 Å². The van der Waals surface area contributed by atoms with Crippen LogP contribution in [0.4, 0.5) is 5.00 Å². The number of allylic oxidation sites excluding steroid dienone is 2. The average Bonchev–Trinajstić information content (AvgIpc) is 3.20. The van der Waals surface area contributed by atoms with Gasteiger partial charge in [0.25, 0.3) is 11.8 Å². The number of nitrogens with one attached hydrogen (secondary N) is 2. The van der Waals surface area contributed by atoms with E-state index in [1.54, 1.807) is 33.1 Å². The van der Waals surface area contributed by atoms with E-state index in [9.17, 15) is 24.0 Å². The van der Waals surface area contributed by atoms with E-state index in [1.807, 2.05) is 0 Å². The maximum absolute atomic E-state index is 13.0. The molecule has 1 aliphatic rings. The lowest BCUT2D eigenvalue weighted by Crippen LogP contribution is -2.39. The van der Waals surface area contributed by atoms with Crippen LogP contribution >= 0.6 is 11.3 Å². The van der Waals surface area contributed by atoms with Crippen molar-refractivity contribution in [1.29, 1.82) is 0 Å². The van der Waals surface area contributed by atoms with E-state index in [0.717, 1.165) is 11.3 Å². The first kappa shape index (κ1) is 25.6.